The summed E-state index contributed by atoms with van der Waals surface area (Å²) in [6, 6.07) is 33.5. The van der Waals surface area contributed by atoms with E-state index >= 15 is 0 Å². The van der Waals surface area contributed by atoms with Gasteiger partial charge < -0.3 is 14.8 Å². The molecule has 0 fully saturated rings. The first-order chi connectivity index (χ1) is 17.6. The van der Waals surface area contributed by atoms with E-state index in [0.29, 0.717) is 41.0 Å². The van der Waals surface area contributed by atoms with Crippen LogP contribution in [-0.2, 0) is 18.0 Å². The number of nitriles is 1. The Labute approximate surface area is 215 Å². The van der Waals surface area contributed by atoms with Gasteiger partial charge in [-0.3, -0.25) is 4.79 Å². The number of hydrogen-bond donors (Lipinski definition) is 1. The van der Waals surface area contributed by atoms with Crippen molar-refractivity contribution in [3.05, 3.63) is 130 Å². The van der Waals surface area contributed by atoms with Gasteiger partial charge in [0.25, 0.3) is 5.91 Å². The number of carbonyl (C=O) groups excluding carboxylic acids is 1. The Morgan fingerprint density at radius 3 is 2.31 bits per heavy atom. The maximum atomic E-state index is 12.7. The average Bonchev–Trinajstić information content (AvgIpc) is 2.91. The standard InChI is InChI=1S/C30H23ClN2O3/c31-29-12-5-4-10-24(29)21-36-28-11-6-9-23(18-28)17-25(19-32)30(34)33-26-13-15-27(16-14-26)35-20-22-7-2-1-3-8-22/h1-18H,20-21H2,(H,33,34)/b25-17-. The zero-order chi connectivity index (χ0) is 25.2. The minimum atomic E-state index is -0.502. The van der Waals surface area contributed by atoms with Crippen molar-refractivity contribution in [1.82, 2.24) is 0 Å². The number of nitrogens with one attached hydrogen (secondary N) is 1. The fourth-order valence-electron chi connectivity index (χ4n) is 3.36. The van der Waals surface area contributed by atoms with Gasteiger partial charge in [-0.25, -0.2) is 0 Å². The van der Waals surface area contributed by atoms with Gasteiger partial charge in [-0.05, 0) is 59.7 Å². The van der Waals surface area contributed by atoms with Crippen LogP contribution in [0.5, 0.6) is 11.5 Å². The molecule has 4 rings (SSSR count). The minimum absolute atomic E-state index is 0.0253. The molecule has 178 valence electrons. The van der Waals surface area contributed by atoms with E-state index in [1.807, 2.05) is 66.7 Å². The van der Waals surface area contributed by atoms with Crippen molar-refractivity contribution in [2.45, 2.75) is 13.2 Å². The number of amides is 1. The zero-order valence-electron chi connectivity index (χ0n) is 19.4. The van der Waals surface area contributed by atoms with E-state index in [1.54, 1.807) is 42.5 Å². The lowest BCUT2D eigenvalue weighted by molar-refractivity contribution is -0.112. The lowest BCUT2D eigenvalue weighted by Gasteiger charge is -2.09. The molecule has 4 aromatic carbocycles. The molecular formula is C30H23ClN2O3. The maximum absolute atomic E-state index is 12.7. The summed E-state index contributed by atoms with van der Waals surface area (Å²) in [7, 11) is 0. The third-order valence-electron chi connectivity index (χ3n) is 5.25. The van der Waals surface area contributed by atoms with Crippen molar-refractivity contribution >= 4 is 29.3 Å². The normalized spacial score (nSPS) is 10.8. The lowest BCUT2D eigenvalue weighted by Crippen LogP contribution is -2.13. The summed E-state index contributed by atoms with van der Waals surface area (Å²) < 4.78 is 11.6. The van der Waals surface area contributed by atoms with Gasteiger partial charge in [0.2, 0.25) is 0 Å². The van der Waals surface area contributed by atoms with E-state index in [9.17, 15) is 10.1 Å². The van der Waals surface area contributed by atoms with E-state index in [1.165, 1.54) is 6.08 Å². The summed E-state index contributed by atoms with van der Waals surface area (Å²) in [6.45, 7) is 0.762. The maximum Gasteiger partial charge on any atom is 0.266 e. The number of hydrogen-bond acceptors (Lipinski definition) is 4. The highest BCUT2D eigenvalue weighted by Crippen LogP contribution is 2.21. The van der Waals surface area contributed by atoms with Crippen molar-refractivity contribution in [1.29, 1.82) is 5.26 Å². The molecule has 1 amide bonds. The predicted molar refractivity (Wildman–Crippen MR) is 142 cm³/mol. The van der Waals surface area contributed by atoms with Crippen LogP contribution in [0.25, 0.3) is 6.08 Å². The van der Waals surface area contributed by atoms with Gasteiger partial charge in [0, 0.05) is 16.3 Å². The molecule has 0 bridgehead atoms. The van der Waals surface area contributed by atoms with Gasteiger partial charge in [-0.1, -0.05) is 72.3 Å². The van der Waals surface area contributed by atoms with Crippen LogP contribution in [0.15, 0.2) is 109 Å². The van der Waals surface area contributed by atoms with E-state index in [-0.39, 0.29) is 5.57 Å². The van der Waals surface area contributed by atoms with Crippen molar-refractivity contribution in [3.63, 3.8) is 0 Å². The Morgan fingerprint density at radius 2 is 1.56 bits per heavy atom. The number of anilines is 1. The Morgan fingerprint density at radius 1 is 0.833 bits per heavy atom. The molecule has 0 atom stereocenters. The third kappa shape index (κ3) is 6.99. The molecule has 0 aliphatic heterocycles. The number of ether oxygens (including phenoxy) is 2. The van der Waals surface area contributed by atoms with Crippen molar-refractivity contribution in [2.24, 2.45) is 0 Å². The average molecular weight is 495 g/mol. The third-order valence-corrected chi connectivity index (χ3v) is 5.62. The largest absolute Gasteiger partial charge is 0.489 e. The second-order valence-electron chi connectivity index (χ2n) is 7.88. The topological polar surface area (TPSA) is 71.3 Å². The molecule has 0 heterocycles. The summed E-state index contributed by atoms with van der Waals surface area (Å²) in [5.41, 5.74) is 3.14. The van der Waals surface area contributed by atoms with Crippen LogP contribution < -0.4 is 14.8 Å². The van der Waals surface area contributed by atoms with Gasteiger partial charge in [0.1, 0.15) is 36.4 Å². The van der Waals surface area contributed by atoms with E-state index in [0.717, 1.165) is 11.1 Å². The molecular weight excluding hydrogens is 472 g/mol. The van der Waals surface area contributed by atoms with Gasteiger partial charge in [-0.15, -0.1) is 0 Å². The summed E-state index contributed by atoms with van der Waals surface area (Å²) in [4.78, 5) is 12.7. The summed E-state index contributed by atoms with van der Waals surface area (Å²) in [5.74, 6) is 0.784. The summed E-state index contributed by atoms with van der Waals surface area (Å²) in [6.07, 6.45) is 1.52. The first-order valence-corrected chi connectivity index (χ1v) is 11.6. The predicted octanol–water partition coefficient (Wildman–Crippen LogP) is 7.04. The van der Waals surface area contributed by atoms with Crippen molar-refractivity contribution in [3.8, 4) is 17.6 Å². The number of rotatable bonds is 9. The molecule has 0 aromatic heterocycles. The quantitative estimate of drug-likeness (QED) is 0.200. The first kappa shape index (κ1) is 24.6. The fraction of sp³-hybridized carbons (Fsp3) is 0.0667. The molecule has 5 nitrogen and oxygen atoms in total. The van der Waals surface area contributed by atoms with Crippen LogP contribution in [0.1, 0.15) is 16.7 Å². The van der Waals surface area contributed by atoms with Crippen LogP contribution in [0.3, 0.4) is 0 Å². The molecule has 0 unspecified atom stereocenters. The van der Waals surface area contributed by atoms with E-state index < -0.39 is 5.91 Å². The van der Waals surface area contributed by atoms with Gasteiger partial charge in [-0.2, -0.15) is 5.26 Å². The van der Waals surface area contributed by atoms with Gasteiger partial charge in [0.05, 0.1) is 0 Å². The summed E-state index contributed by atoms with van der Waals surface area (Å²) >= 11 is 6.18. The van der Waals surface area contributed by atoms with E-state index in [2.05, 4.69) is 5.32 Å². The van der Waals surface area contributed by atoms with Crippen LogP contribution >= 0.6 is 11.6 Å². The second kappa shape index (κ2) is 12.3. The zero-order valence-corrected chi connectivity index (χ0v) is 20.1. The lowest BCUT2D eigenvalue weighted by atomic mass is 10.1. The highest BCUT2D eigenvalue weighted by molar-refractivity contribution is 6.31. The Balaban J connectivity index is 1.36. The molecule has 36 heavy (non-hydrogen) atoms. The fourth-order valence-corrected chi connectivity index (χ4v) is 3.55. The van der Waals surface area contributed by atoms with Gasteiger partial charge in [0.15, 0.2) is 0 Å². The molecule has 0 saturated carbocycles. The van der Waals surface area contributed by atoms with Crippen LogP contribution in [-0.4, -0.2) is 5.91 Å². The Hall–Kier alpha value is -4.53. The smallest absolute Gasteiger partial charge is 0.266 e. The van der Waals surface area contributed by atoms with Crippen LogP contribution in [0.4, 0.5) is 5.69 Å². The Kier molecular flexibility index (Phi) is 8.37. The molecule has 0 spiro atoms. The molecule has 4 aromatic rings. The van der Waals surface area contributed by atoms with Crippen LogP contribution in [0.2, 0.25) is 5.02 Å². The number of nitrogens with zero attached hydrogens (tertiary/aromatic N) is 1. The molecule has 0 saturated heterocycles. The molecule has 6 heteroatoms. The van der Waals surface area contributed by atoms with Crippen molar-refractivity contribution in [2.75, 3.05) is 5.32 Å². The highest BCUT2D eigenvalue weighted by atomic mass is 35.5. The number of carbonyl (C=O) groups is 1. The second-order valence-corrected chi connectivity index (χ2v) is 8.28. The SMILES string of the molecule is N#C/C(=C/c1cccc(OCc2ccccc2Cl)c1)C(=O)Nc1ccc(OCc2ccccc2)cc1. The summed E-state index contributed by atoms with van der Waals surface area (Å²) in [5, 5.41) is 12.9. The van der Waals surface area contributed by atoms with Crippen LogP contribution in [0, 0.1) is 11.3 Å². The van der Waals surface area contributed by atoms with Gasteiger partial charge >= 0.3 is 0 Å². The molecule has 0 aliphatic carbocycles. The van der Waals surface area contributed by atoms with E-state index in [4.69, 9.17) is 21.1 Å². The molecule has 0 radical (unpaired) electrons. The molecule has 0 aliphatic rings. The molecule has 1 N–H and O–H groups in total. The first-order valence-electron chi connectivity index (χ1n) is 11.3. The minimum Gasteiger partial charge on any atom is -0.489 e. The number of halogens is 1. The highest BCUT2D eigenvalue weighted by Gasteiger charge is 2.10. The Bertz CT molecular complexity index is 1390. The number of benzene rings is 4. The van der Waals surface area contributed by atoms with Crippen molar-refractivity contribution < 1.29 is 14.3 Å². The monoisotopic (exact) mass is 494 g/mol.